The summed E-state index contributed by atoms with van der Waals surface area (Å²) in [4.78, 5) is 0. The normalized spacial score (nSPS) is 45.1. The SMILES string of the molecule is C=C[C@]1(C)C=C(C)[C@H]2[C@@H]([C@@H](O)[C@H]3[C@H](C)C[C@H](C)C[C@@]32C)[C@@H]1COCOCC[Si](C)(C)C. The monoisotopic (exact) mass is 448 g/mol. The van der Waals surface area contributed by atoms with Crippen molar-refractivity contribution in [2.75, 3.05) is 20.0 Å². The minimum absolute atomic E-state index is 0.163. The third-order valence-electron chi connectivity index (χ3n) is 8.99. The average molecular weight is 449 g/mol. The Morgan fingerprint density at radius 3 is 2.52 bits per heavy atom. The molecule has 0 saturated heterocycles. The van der Waals surface area contributed by atoms with Crippen molar-refractivity contribution in [3.63, 3.8) is 0 Å². The first-order valence-corrected chi connectivity index (χ1v) is 16.2. The number of allylic oxidation sites excluding steroid dienone is 3. The molecule has 9 atom stereocenters. The quantitative estimate of drug-likeness (QED) is 0.203. The predicted molar refractivity (Wildman–Crippen MR) is 133 cm³/mol. The molecule has 3 rings (SSSR count). The maximum atomic E-state index is 11.7. The van der Waals surface area contributed by atoms with Gasteiger partial charge in [-0.3, -0.25) is 0 Å². The number of rotatable bonds is 8. The summed E-state index contributed by atoms with van der Waals surface area (Å²) in [5, 5.41) is 11.7. The van der Waals surface area contributed by atoms with Crippen LogP contribution >= 0.6 is 0 Å². The summed E-state index contributed by atoms with van der Waals surface area (Å²) in [5.41, 5.74) is 1.44. The zero-order valence-electron chi connectivity index (χ0n) is 21.4. The molecule has 0 aromatic rings. The van der Waals surface area contributed by atoms with E-state index < -0.39 is 8.07 Å². The molecule has 0 spiro atoms. The number of aliphatic hydroxyl groups is 1. The van der Waals surface area contributed by atoms with Gasteiger partial charge in [0.15, 0.2) is 0 Å². The van der Waals surface area contributed by atoms with Gasteiger partial charge in [0.05, 0.1) is 12.7 Å². The molecular weight excluding hydrogens is 400 g/mol. The average Bonchev–Trinajstić information content (AvgIpc) is 2.86. The Morgan fingerprint density at radius 2 is 1.90 bits per heavy atom. The summed E-state index contributed by atoms with van der Waals surface area (Å²) in [6.07, 6.45) is 6.68. The summed E-state index contributed by atoms with van der Waals surface area (Å²) >= 11 is 0. The highest BCUT2D eigenvalue weighted by Gasteiger charge is 2.65. The van der Waals surface area contributed by atoms with E-state index >= 15 is 0 Å². The van der Waals surface area contributed by atoms with Gasteiger partial charge in [-0.15, -0.1) is 6.58 Å². The topological polar surface area (TPSA) is 38.7 Å². The maximum Gasteiger partial charge on any atom is 0.146 e. The van der Waals surface area contributed by atoms with Gasteiger partial charge in [0, 0.05) is 26.0 Å². The van der Waals surface area contributed by atoms with E-state index in [1.165, 1.54) is 18.4 Å². The van der Waals surface area contributed by atoms with Crippen molar-refractivity contribution >= 4 is 8.07 Å². The molecule has 4 heteroatoms. The second-order valence-corrected chi connectivity index (χ2v) is 18.5. The smallest absolute Gasteiger partial charge is 0.146 e. The molecule has 0 radical (unpaired) electrons. The van der Waals surface area contributed by atoms with Crippen LogP contribution in [0.5, 0.6) is 0 Å². The highest BCUT2D eigenvalue weighted by atomic mass is 28.3. The van der Waals surface area contributed by atoms with Crippen LogP contribution in [0, 0.1) is 46.3 Å². The second-order valence-electron chi connectivity index (χ2n) is 12.9. The number of ether oxygens (including phenoxy) is 2. The van der Waals surface area contributed by atoms with Gasteiger partial charge in [0.1, 0.15) is 6.79 Å². The van der Waals surface area contributed by atoms with Crippen molar-refractivity contribution in [2.45, 2.75) is 79.2 Å². The lowest BCUT2D eigenvalue weighted by Gasteiger charge is -2.50. The van der Waals surface area contributed by atoms with E-state index in [4.69, 9.17) is 9.47 Å². The maximum absolute atomic E-state index is 11.7. The van der Waals surface area contributed by atoms with Crippen LogP contribution in [-0.2, 0) is 9.47 Å². The molecule has 3 aliphatic carbocycles. The van der Waals surface area contributed by atoms with E-state index in [1.807, 2.05) is 0 Å². The standard InChI is InChI=1S/C27H48O3Si/c1-10-26(5)15-20(4)23-22(21(26)16-30-17-29-11-12-31(7,8)9)25(28)24-19(3)13-18(2)14-27(23,24)6/h10,15,18-19,21-25,28H,1,11-14,16-17H2,2-9H3/t18-,19+,21-,22-,23-,24+,25+,26+,27+/m0/s1. The van der Waals surface area contributed by atoms with Gasteiger partial charge in [-0.25, -0.2) is 0 Å². The highest BCUT2D eigenvalue weighted by molar-refractivity contribution is 6.76. The molecule has 1 N–H and O–H groups in total. The van der Waals surface area contributed by atoms with Crippen molar-refractivity contribution in [3.8, 4) is 0 Å². The molecule has 0 aromatic carbocycles. The third kappa shape index (κ3) is 4.78. The molecule has 3 nitrogen and oxygen atoms in total. The van der Waals surface area contributed by atoms with Gasteiger partial charge in [0.2, 0.25) is 0 Å². The van der Waals surface area contributed by atoms with Crippen LogP contribution in [0.25, 0.3) is 0 Å². The van der Waals surface area contributed by atoms with E-state index in [0.29, 0.717) is 31.2 Å². The third-order valence-corrected chi connectivity index (χ3v) is 10.7. The highest BCUT2D eigenvalue weighted by Crippen LogP contribution is 2.67. The van der Waals surface area contributed by atoms with Gasteiger partial charge in [0.25, 0.3) is 0 Å². The summed E-state index contributed by atoms with van der Waals surface area (Å²) in [7, 11) is -1.09. The Bertz CT molecular complexity index is 682. The molecule has 178 valence electrons. The van der Waals surface area contributed by atoms with Gasteiger partial charge < -0.3 is 14.6 Å². The van der Waals surface area contributed by atoms with E-state index in [2.05, 4.69) is 73.0 Å². The van der Waals surface area contributed by atoms with Gasteiger partial charge in [-0.05, 0) is 60.8 Å². The lowest BCUT2D eigenvalue weighted by atomic mass is 9.54. The molecule has 0 aliphatic heterocycles. The minimum atomic E-state index is -1.09. The Morgan fingerprint density at radius 1 is 1.23 bits per heavy atom. The summed E-state index contributed by atoms with van der Waals surface area (Å²) in [6.45, 7) is 24.8. The van der Waals surface area contributed by atoms with E-state index in [0.717, 1.165) is 18.6 Å². The number of hydrogen-bond donors (Lipinski definition) is 1. The van der Waals surface area contributed by atoms with E-state index in [-0.39, 0.29) is 28.8 Å². The van der Waals surface area contributed by atoms with Gasteiger partial charge >= 0.3 is 0 Å². The lowest BCUT2D eigenvalue weighted by Crippen LogP contribution is -2.45. The summed E-state index contributed by atoms with van der Waals surface area (Å²) < 4.78 is 11.9. The fourth-order valence-electron chi connectivity index (χ4n) is 7.91. The number of fused-ring (bicyclic) bond motifs is 3. The molecule has 0 heterocycles. The Kier molecular flexibility index (Phi) is 7.38. The molecule has 2 fully saturated rings. The fraction of sp³-hybridized carbons (Fsp3) is 0.852. The number of aliphatic hydroxyl groups excluding tert-OH is 1. The van der Waals surface area contributed by atoms with Gasteiger partial charge in [-0.1, -0.05) is 65.1 Å². The largest absolute Gasteiger partial charge is 0.392 e. The minimum Gasteiger partial charge on any atom is -0.392 e. The lowest BCUT2D eigenvalue weighted by molar-refractivity contribution is -0.0906. The van der Waals surface area contributed by atoms with Gasteiger partial charge in [-0.2, -0.15) is 0 Å². The van der Waals surface area contributed by atoms with Crippen LogP contribution in [0.2, 0.25) is 25.7 Å². The first kappa shape index (κ1) is 25.2. The van der Waals surface area contributed by atoms with Crippen molar-refractivity contribution in [1.29, 1.82) is 0 Å². The summed E-state index contributed by atoms with van der Waals surface area (Å²) in [6, 6.07) is 1.16. The Hall–Kier alpha value is -0.423. The number of hydrogen-bond acceptors (Lipinski definition) is 3. The predicted octanol–water partition coefficient (Wildman–Crippen LogP) is 6.38. The van der Waals surface area contributed by atoms with Crippen molar-refractivity contribution in [1.82, 2.24) is 0 Å². The molecule has 2 saturated carbocycles. The van der Waals surface area contributed by atoms with Crippen LogP contribution in [0.15, 0.2) is 24.3 Å². The molecule has 0 amide bonds. The molecule has 0 bridgehead atoms. The van der Waals surface area contributed by atoms with Crippen molar-refractivity contribution in [2.24, 2.45) is 46.3 Å². The fourth-order valence-corrected chi connectivity index (χ4v) is 8.66. The van der Waals surface area contributed by atoms with Crippen LogP contribution in [0.3, 0.4) is 0 Å². The van der Waals surface area contributed by atoms with E-state index in [9.17, 15) is 5.11 Å². The van der Waals surface area contributed by atoms with Crippen LogP contribution in [-0.4, -0.2) is 39.3 Å². The molecule has 3 aliphatic rings. The zero-order chi connectivity index (χ0) is 23.2. The van der Waals surface area contributed by atoms with Crippen LogP contribution in [0.4, 0.5) is 0 Å². The zero-order valence-corrected chi connectivity index (χ0v) is 22.4. The second kappa shape index (κ2) is 9.08. The Balaban J connectivity index is 1.80. The molecule has 0 unspecified atom stereocenters. The first-order chi connectivity index (χ1) is 14.3. The van der Waals surface area contributed by atoms with E-state index in [1.54, 1.807) is 0 Å². The molecule has 31 heavy (non-hydrogen) atoms. The Labute approximate surface area is 192 Å². The van der Waals surface area contributed by atoms with Crippen LogP contribution in [0.1, 0.15) is 47.5 Å². The van der Waals surface area contributed by atoms with Crippen molar-refractivity contribution in [3.05, 3.63) is 24.3 Å². The summed E-state index contributed by atoms with van der Waals surface area (Å²) in [5.74, 6) is 2.51. The van der Waals surface area contributed by atoms with Crippen LogP contribution < -0.4 is 0 Å². The van der Waals surface area contributed by atoms with Crippen molar-refractivity contribution < 1.29 is 14.6 Å². The molecule has 0 aromatic heterocycles. The molecular formula is C27H48O3Si. The first-order valence-electron chi connectivity index (χ1n) is 12.5.